The zero-order valence-corrected chi connectivity index (χ0v) is 18.2. The first-order chi connectivity index (χ1) is 15.8. The highest BCUT2D eigenvalue weighted by Crippen LogP contribution is 2.32. The van der Waals surface area contributed by atoms with Crippen LogP contribution < -0.4 is 4.80 Å². The van der Waals surface area contributed by atoms with Gasteiger partial charge in [-0.3, -0.25) is 4.79 Å². The van der Waals surface area contributed by atoms with E-state index < -0.39 is 17.6 Å². The summed E-state index contributed by atoms with van der Waals surface area (Å²) in [5.74, 6) is -0.447. The van der Waals surface area contributed by atoms with Crippen LogP contribution in [0, 0.1) is 0 Å². The lowest BCUT2D eigenvalue weighted by atomic mass is 9.98. The number of hydrogen-bond donors (Lipinski definition) is 0. The molecule has 0 radical (unpaired) electrons. The van der Waals surface area contributed by atoms with Gasteiger partial charge < -0.3 is 4.57 Å². The third-order valence-electron chi connectivity index (χ3n) is 5.58. The third kappa shape index (κ3) is 3.85. The Bertz CT molecular complexity index is 1580. The standard InChI is InChI=1S/C26H17F3N2OS/c1-31-22-15-12-16-6-2-3-8-20(16)23(22)33-25(31)30-24(32)21-9-5-4-7-19(21)17-10-13-18(14-11-17)26(27,28)29/h2-15H,1H3. The first-order valence-corrected chi connectivity index (χ1v) is 11.0. The summed E-state index contributed by atoms with van der Waals surface area (Å²) in [4.78, 5) is 18.1. The maximum atomic E-state index is 13.2. The summed E-state index contributed by atoms with van der Waals surface area (Å²) < 4.78 is 41.7. The molecule has 0 saturated heterocycles. The van der Waals surface area contributed by atoms with Crippen molar-refractivity contribution in [3.05, 3.63) is 101 Å². The van der Waals surface area contributed by atoms with Crippen LogP contribution in [0.2, 0.25) is 0 Å². The second kappa shape index (κ2) is 8.01. The van der Waals surface area contributed by atoms with Gasteiger partial charge in [0.1, 0.15) is 0 Å². The van der Waals surface area contributed by atoms with E-state index in [1.165, 1.54) is 23.5 Å². The van der Waals surface area contributed by atoms with E-state index in [1.54, 1.807) is 24.3 Å². The minimum atomic E-state index is -4.41. The van der Waals surface area contributed by atoms with Gasteiger partial charge in [0.2, 0.25) is 0 Å². The normalized spacial score (nSPS) is 12.5. The van der Waals surface area contributed by atoms with Crippen molar-refractivity contribution in [1.82, 2.24) is 4.57 Å². The number of fused-ring (bicyclic) bond motifs is 3. The molecular weight excluding hydrogens is 445 g/mol. The molecule has 0 unspecified atom stereocenters. The van der Waals surface area contributed by atoms with Crippen LogP contribution in [0.15, 0.2) is 89.9 Å². The number of aryl methyl sites for hydroxylation is 1. The van der Waals surface area contributed by atoms with E-state index in [0.29, 0.717) is 21.5 Å². The molecular formula is C26H17F3N2OS. The Kier molecular flexibility index (Phi) is 5.13. The first-order valence-electron chi connectivity index (χ1n) is 10.2. The average molecular weight is 462 g/mol. The Morgan fingerprint density at radius 1 is 0.879 bits per heavy atom. The van der Waals surface area contributed by atoms with Crippen molar-refractivity contribution in [3.8, 4) is 11.1 Å². The molecule has 0 N–H and O–H groups in total. The fourth-order valence-corrected chi connectivity index (χ4v) is 5.02. The molecule has 5 aromatic rings. The van der Waals surface area contributed by atoms with Crippen LogP contribution in [0.4, 0.5) is 13.2 Å². The number of benzene rings is 4. The molecule has 1 heterocycles. The van der Waals surface area contributed by atoms with Gasteiger partial charge in [0.15, 0.2) is 4.80 Å². The zero-order chi connectivity index (χ0) is 23.2. The number of aromatic nitrogens is 1. The zero-order valence-electron chi connectivity index (χ0n) is 17.4. The molecule has 0 fully saturated rings. The Balaban J connectivity index is 1.60. The third-order valence-corrected chi connectivity index (χ3v) is 6.76. The van der Waals surface area contributed by atoms with Crippen LogP contribution in [0.3, 0.4) is 0 Å². The first kappa shape index (κ1) is 21.2. The van der Waals surface area contributed by atoms with Gasteiger partial charge in [-0.25, -0.2) is 0 Å². The van der Waals surface area contributed by atoms with Crippen LogP contribution in [0.5, 0.6) is 0 Å². The monoisotopic (exact) mass is 462 g/mol. The number of amides is 1. The van der Waals surface area contributed by atoms with E-state index >= 15 is 0 Å². The number of alkyl halides is 3. The Morgan fingerprint density at radius 3 is 2.33 bits per heavy atom. The topological polar surface area (TPSA) is 34.4 Å². The second-order valence-corrected chi connectivity index (χ2v) is 8.59. The summed E-state index contributed by atoms with van der Waals surface area (Å²) in [6.07, 6.45) is -4.41. The lowest BCUT2D eigenvalue weighted by Crippen LogP contribution is -2.13. The Morgan fingerprint density at radius 2 is 1.58 bits per heavy atom. The Hall–Kier alpha value is -3.71. The van der Waals surface area contributed by atoms with Crippen LogP contribution >= 0.6 is 11.3 Å². The molecule has 33 heavy (non-hydrogen) atoms. The number of thiazole rings is 1. The van der Waals surface area contributed by atoms with Crippen LogP contribution in [0.25, 0.3) is 32.1 Å². The van der Waals surface area contributed by atoms with Crippen molar-refractivity contribution in [1.29, 1.82) is 0 Å². The fraction of sp³-hybridized carbons (Fsp3) is 0.0769. The van der Waals surface area contributed by atoms with Crippen molar-refractivity contribution >= 4 is 38.2 Å². The van der Waals surface area contributed by atoms with Gasteiger partial charge in [0.25, 0.3) is 5.91 Å². The van der Waals surface area contributed by atoms with Crippen LogP contribution in [0.1, 0.15) is 15.9 Å². The van der Waals surface area contributed by atoms with Gasteiger partial charge >= 0.3 is 6.18 Å². The van der Waals surface area contributed by atoms with Crippen LogP contribution in [-0.4, -0.2) is 10.5 Å². The molecule has 0 aliphatic heterocycles. The van der Waals surface area contributed by atoms with Crippen molar-refractivity contribution in [2.24, 2.45) is 12.0 Å². The highest BCUT2D eigenvalue weighted by Gasteiger charge is 2.30. The van der Waals surface area contributed by atoms with E-state index in [2.05, 4.69) is 4.99 Å². The SMILES string of the molecule is Cn1c(=NC(=O)c2ccccc2-c2ccc(C(F)(F)F)cc2)sc2c3ccccc3ccc21. The van der Waals surface area contributed by atoms with Crippen LogP contribution in [-0.2, 0) is 13.2 Å². The van der Waals surface area contributed by atoms with Gasteiger partial charge in [-0.2, -0.15) is 18.2 Å². The van der Waals surface area contributed by atoms with Gasteiger partial charge in [-0.1, -0.05) is 72.0 Å². The molecule has 1 amide bonds. The van der Waals surface area contributed by atoms with Gasteiger partial charge in [-0.05, 0) is 40.8 Å². The molecule has 0 atom stereocenters. The highest BCUT2D eigenvalue weighted by atomic mass is 32.1. The molecule has 4 aromatic carbocycles. The summed E-state index contributed by atoms with van der Waals surface area (Å²) in [5.41, 5.74) is 1.63. The number of hydrogen-bond acceptors (Lipinski definition) is 2. The number of carbonyl (C=O) groups excluding carboxylic acids is 1. The van der Waals surface area contributed by atoms with Crippen molar-refractivity contribution in [2.45, 2.75) is 6.18 Å². The minimum absolute atomic E-state index is 0.333. The number of halogens is 3. The molecule has 164 valence electrons. The molecule has 3 nitrogen and oxygen atoms in total. The van der Waals surface area contributed by atoms with E-state index in [9.17, 15) is 18.0 Å². The summed E-state index contributed by atoms with van der Waals surface area (Å²) in [5, 5.41) is 2.20. The molecule has 0 saturated carbocycles. The lowest BCUT2D eigenvalue weighted by molar-refractivity contribution is -0.137. The molecule has 1 aromatic heterocycles. The van der Waals surface area contributed by atoms with Crippen molar-refractivity contribution in [2.75, 3.05) is 0 Å². The lowest BCUT2D eigenvalue weighted by Gasteiger charge is -2.10. The average Bonchev–Trinajstić information content (AvgIpc) is 3.14. The summed E-state index contributed by atoms with van der Waals surface area (Å²) in [7, 11) is 1.86. The van der Waals surface area contributed by atoms with Gasteiger partial charge in [-0.15, -0.1) is 0 Å². The molecule has 0 aliphatic rings. The molecule has 0 aliphatic carbocycles. The predicted molar refractivity (Wildman–Crippen MR) is 125 cm³/mol. The largest absolute Gasteiger partial charge is 0.416 e. The smallest absolute Gasteiger partial charge is 0.319 e. The maximum Gasteiger partial charge on any atom is 0.416 e. The minimum Gasteiger partial charge on any atom is -0.319 e. The van der Waals surface area contributed by atoms with E-state index in [4.69, 9.17) is 0 Å². The van der Waals surface area contributed by atoms with Gasteiger partial charge in [0, 0.05) is 18.0 Å². The van der Waals surface area contributed by atoms with E-state index in [-0.39, 0.29) is 0 Å². The quantitative estimate of drug-likeness (QED) is 0.283. The molecule has 0 bridgehead atoms. The second-order valence-electron chi connectivity index (χ2n) is 7.62. The number of rotatable bonds is 2. The van der Waals surface area contributed by atoms with E-state index in [0.717, 1.165) is 33.1 Å². The number of nitrogens with zero attached hydrogens (tertiary/aromatic N) is 2. The fourth-order valence-electron chi connectivity index (χ4n) is 3.87. The maximum absolute atomic E-state index is 13.2. The van der Waals surface area contributed by atoms with Crippen molar-refractivity contribution < 1.29 is 18.0 Å². The van der Waals surface area contributed by atoms with Gasteiger partial charge in [0.05, 0.1) is 15.8 Å². The molecule has 0 spiro atoms. The van der Waals surface area contributed by atoms with Crippen molar-refractivity contribution in [3.63, 3.8) is 0 Å². The summed E-state index contributed by atoms with van der Waals surface area (Å²) in [6.45, 7) is 0. The predicted octanol–water partition coefficient (Wildman–Crippen LogP) is 6.82. The molecule has 7 heteroatoms. The molecule has 5 rings (SSSR count). The number of carbonyl (C=O) groups is 1. The Labute approximate surface area is 191 Å². The van der Waals surface area contributed by atoms with E-state index in [1.807, 2.05) is 48.0 Å². The highest BCUT2D eigenvalue weighted by molar-refractivity contribution is 7.17. The summed E-state index contributed by atoms with van der Waals surface area (Å²) >= 11 is 1.43. The summed E-state index contributed by atoms with van der Waals surface area (Å²) in [6, 6.07) is 23.7.